The van der Waals surface area contributed by atoms with Crippen LogP contribution in [0, 0.1) is 23.6 Å². The second-order valence-electron chi connectivity index (χ2n) is 4.98. The van der Waals surface area contributed by atoms with Crippen LogP contribution in [0.4, 0.5) is 4.39 Å². The van der Waals surface area contributed by atoms with Crippen LogP contribution in [0.5, 0.6) is 0 Å². The van der Waals surface area contributed by atoms with Crippen LogP contribution in [0.3, 0.4) is 0 Å². The van der Waals surface area contributed by atoms with E-state index in [1.165, 1.54) is 18.6 Å². The largest absolute Gasteiger partial charge is 0.395 e. The molecule has 2 N–H and O–H groups in total. The molecule has 3 nitrogen and oxygen atoms in total. The summed E-state index contributed by atoms with van der Waals surface area (Å²) in [6.07, 6.45) is 3.86. The second kappa shape index (κ2) is 7.06. The monoisotopic (exact) mass is 275 g/mol. The normalized spacial score (nSPS) is 14.1. The summed E-state index contributed by atoms with van der Waals surface area (Å²) >= 11 is 0. The van der Waals surface area contributed by atoms with Crippen molar-refractivity contribution < 1.29 is 14.3 Å². The lowest BCUT2D eigenvalue weighted by atomic mass is 9.85. The molecule has 0 heterocycles. The van der Waals surface area contributed by atoms with E-state index in [1.807, 2.05) is 0 Å². The van der Waals surface area contributed by atoms with E-state index in [0.717, 1.165) is 12.8 Å². The highest BCUT2D eigenvalue weighted by Crippen LogP contribution is 2.25. The van der Waals surface area contributed by atoms with Gasteiger partial charge >= 0.3 is 0 Å². The molecule has 0 aromatic heterocycles. The topological polar surface area (TPSA) is 49.3 Å². The standard InChI is InChI=1S/C16H18FNO2/c17-15-10-14(8-7-13(15)6-1-2-9-19)16(20)18-11-12-4-3-5-12/h7-8,10,12,19H,2-5,9,11H2,(H,18,20). The third-order valence-electron chi connectivity index (χ3n) is 3.47. The zero-order valence-corrected chi connectivity index (χ0v) is 11.3. The van der Waals surface area contributed by atoms with E-state index in [4.69, 9.17) is 5.11 Å². The smallest absolute Gasteiger partial charge is 0.251 e. The van der Waals surface area contributed by atoms with Gasteiger partial charge in [0.2, 0.25) is 0 Å². The van der Waals surface area contributed by atoms with Crippen molar-refractivity contribution in [2.24, 2.45) is 5.92 Å². The third-order valence-corrected chi connectivity index (χ3v) is 3.47. The molecule has 1 amide bonds. The Morgan fingerprint density at radius 2 is 2.25 bits per heavy atom. The molecule has 0 aliphatic heterocycles. The number of rotatable bonds is 4. The summed E-state index contributed by atoms with van der Waals surface area (Å²) in [5.74, 6) is 5.11. The number of hydrogen-bond donors (Lipinski definition) is 2. The number of carbonyl (C=O) groups is 1. The van der Waals surface area contributed by atoms with E-state index >= 15 is 0 Å². The first-order chi connectivity index (χ1) is 9.70. The van der Waals surface area contributed by atoms with Gasteiger partial charge in [-0.3, -0.25) is 4.79 Å². The number of carbonyl (C=O) groups excluding carboxylic acids is 1. The Kier molecular flexibility index (Phi) is 5.14. The molecule has 0 radical (unpaired) electrons. The number of halogens is 1. The first-order valence-electron chi connectivity index (χ1n) is 6.88. The third kappa shape index (κ3) is 3.82. The maximum absolute atomic E-state index is 13.8. The molecule has 1 aromatic rings. The minimum Gasteiger partial charge on any atom is -0.395 e. The van der Waals surface area contributed by atoms with Gasteiger partial charge in [-0.1, -0.05) is 18.3 Å². The van der Waals surface area contributed by atoms with Crippen LogP contribution in [0.15, 0.2) is 18.2 Å². The zero-order chi connectivity index (χ0) is 14.4. The Morgan fingerprint density at radius 1 is 1.45 bits per heavy atom. The Bertz CT molecular complexity index is 541. The number of aliphatic hydroxyl groups is 1. The molecule has 1 fully saturated rings. The number of nitrogens with one attached hydrogen (secondary N) is 1. The Balaban J connectivity index is 1.96. The molecule has 1 aromatic carbocycles. The minimum atomic E-state index is -0.508. The van der Waals surface area contributed by atoms with Crippen molar-refractivity contribution >= 4 is 5.91 Å². The van der Waals surface area contributed by atoms with Gasteiger partial charge in [0, 0.05) is 18.5 Å². The molecular formula is C16H18FNO2. The Hall–Kier alpha value is -1.86. The predicted molar refractivity (Wildman–Crippen MR) is 74.7 cm³/mol. The molecule has 0 bridgehead atoms. The maximum atomic E-state index is 13.8. The number of amides is 1. The van der Waals surface area contributed by atoms with Gasteiger partial charge in [-0.2, -0.15) is 0 Å². The maximum Gasteiger partial charge on any atom is 0.251 e. The molecule has 20 heavy (non-hydrogen) atoms. The molecule has 1 aliphatic carbocycles. The van der Waals surface area contributed by atoms with E-state index < -0.39 is 5.82 Å². The van der Waals surface area contributed by atoms with E-state index in [9.17, 15) is 9.18 Å². The lowest BCUT2D eigenvalue weighted by Gasteiger charge is -2.25. The molecule has 0 spiro atoms. The first-order valence-corrected chi connectivity index (χ1v) is 6.88. The quantitative estimate of drug-likeness (QED) is 0.827. The van der Waals surface area contributed by atoms with Gasteiger partial charge in [0.15, 0.2) is 0 Å². The molecule has 0 saturated heterocycles. The molecule has 0 atom stereocenters. The summed E-state index contributed by atoms with van der Waals surface area (Å²) < 4.78 is 13.8. The SMILES string of the molecule is O=C(NCC1CCC1)c1ccc(C#CCCO)c(F)c1. The highest BCUT2D eigenvalue weighted by Gasteiger charge is 2.18. The van der Waals surface area contributed by atoms with E-state index in [2.05, 4.69) is 17.2 Å². The van der Waals surface area contributed by atoms with Crippen molar-refractivity contribution in [3.63, 3.8) is 0 Å². The highest BCUT2D eigenvalue weighted by molar-refractivity contribution is 5.94. The van der Waals surface area contributed by atoms with Crippen LogP contribution in [0.1, 0.15) is 41.6 Å². The van der Waals surface area contributed by atoms with Crippen LogP contribution in [0.25, 0.3) is 0 Å². The fourth-order valence-electron chi connectivity index (χ4n) is 2.01. The lowest BCUT2D eigenvalue weighted by molar-refractivity contribution is 0.0938. The number of aliphatic hydroxyl groups excluding tert-OH is 1. The summed E-state index contributed by atoms with van der Waals surface area (Å²) in [5.41, 5.74) is 0.559. The van der Waals surface area contributed by atoms with Crippen LogP contribution in [-0.2, 0) is 0 Å². The average molecular weight is 275 g/mol. The van der Waals surface area contributed by atoms with Gasteiger partial charge in [-0.25, -0.2) is 4.39 Å². The van der Waals surface area contributed by atoms with Crippen molar-refractivity contribution in [1.29, 1.82) is 0 Å². The molecule has 1 saturated carbocycles. The van der Waals surface area contributed by atoms with Gasteiger partial charge in [-0.05, 0) is 37.0 Å². The molecule has 0 unspecified atom stereocenters. The van der Waals surface area contributed by atoms with E-state index in [-0.39, 0.29) is 18.1 Å². The fourth-order valence-corrected chi connectivity index (χ4v) is 2.01. The Labute approximate surface area is 118 Å². The van der Waals surface area contributed by atoms with Gasteiger partial charge < -0.3 is 10.4 Å². The van der Waals surface area contributed by atoms with Crippen LogP contribution in [0.2, 0.25) is 0 Å². The predicted octanol–water partition coefficient (Wildman–Crippen LogP) is 2.09. The van der Waals surface area contributed by atoms with Crippen molar-refractivity contribution in [1.82, 2.24) is 5.32 Å². The minimum absolute atomic E-state index is 0.0454. The second-order valence-corrected chi connectivity index (χ2v) is 4.98. The molecule has 2 rings (SSSR count). The van der Waals surface area contributed by atoms with Crippen LogP contribution in [-0.4, -0.2) is 24.2 Å². The fraction of sp³-hybridized carbons (Fsp3) is 0.438. The number of benzene rings is 1. The van der Waals surface area contributed by atoms with Gasteiger partial charge in [0.25, 0.3) is 5.91 Å². The van der Waals surface area contributed by atoms with Crippen molar-refractivity contribution in [3.8, 4) is 11.8 Å². The zero-order valence-electron chi connectivity index (χ0n) is 11.3. The van der Waals surface area contributed by atoms with Crippen molar-refractivity contribution in [2.75, 3.05) is 13.2 Å². The molecule has 106 valence electrons. The van der Waals surface area contributed by atoms with Crippen LogP contribution < -0.4 is 5.32 Å². The molecule has 4 heteroatoms. The molecular weight excluding hydrogens is 257 g/mol. The molecule has 1 aliphatic rings. The van der Waals surface area contributed by atoms with Crippen LogP contribution >= 0.6 is 0 Å². The summed E-state index contributed by atoms with van der Waals surface area (Å²) in [5, 5.41) is 11.4. The summed E-state index contributed by atoms with van der Waals surface area (Å²) in [6.45, 7) is 0.620. The van der Waals surface area contributed by atoms with Gasteiger partial charge in [0.1, 0.15) is 5.82 Å². The van der Waals surface area contributed by atoms with E-state index in [0.29, 0.717) is 24.4 Å². The summed E-state index contributed by atoms with van der Waals surface area (Å²) in [4.78, 5) is 11.9. The first kappa shape index (κ1) is 14.5. The van der Waals surface area contributed by atoms with Crippen molar-refractivity contribution in [2.45, 2.75) is 25.7 Å². The Morgan fingerprint density at radius 3 is 2.85 bits per heavy atom. The van der Waals surface area contributed by atoms with Gasteiger partial charge in [0.05, 0.1) is 12.2 Å². The van der Waals surface area contributed by atoms with Crippen molar-refractivity contribution in [3.05, 3.63) is 35.1 Å². The summed E-state index contributed by atoms with van der Waals surface area (Å²) in [7, 11) is 0. The van der Waals surface area contributed by atoms with Gasteiger partial charge in [-0.15, -0.1) is 0 Å². The number of hydrogen-bond acceptors (Lipinski definition) is 2. The average Bonchev–Trinajstić information content (AvgIpc) is 2.39. The highest BCUT2D eigenvalue weighted by atomic mass is 19.1. The lowest BCUT2D eigenvalue weighted by Crippen LogP contribution is -2.32. The summed E-state index contributed by atoms with van der Waals surface area (Å²) in [6, 6.07) is 4.28. The van der Waals surface area contributed by atoms with E-state index in [1.54, 1.807) is 6.07 Å².